The quantitative estimate of drug-likeness (QED) is 0.0195. The standard InChI is InChI=1S/C78H137NO10/c1-4-7-10-13-16-19-22-25-27-29-31-33-35-37-38-40-42-44-47-50-53-56-59-62-65-71(82)77(86)79-69(70(81)64-61-58-55-52-49-46-24-21-18-15-12-9-6-3)68-87-78-76(75(85)74(84)72(67-80)88-78)89-73(83)66-63-60-57-54-51-48-45-43-41-39-36-34-32-30-28-26-23-20-17-14-11-8-5-2/h7,10,16,19,25-28,31,33,37-38,42,44,61,64,69-72,74-76,78,80-82,84-85H,4-6,8-9,11-15,17-18,20-24,29-30,32,34-36,39-41,43,45-60,62-63,65-68H2,1-3H3,(H,79,86)/b10-7-,19-16-,27-25-,28-26+,33-31-,38-37-,44-42-,64-61+. The summed E-state index contributed by atoms with van der Waals surface area (Å²) in [5, 5.41) is 57.3. The van der Waals surface area contributed by atoms with Gasteiger partial charge in [-0.05, 0) is 103 Å². The summed E-state index contributed by atoms with van der Waals surface area (Å²) < 4.78 is 17.7. The Bertz CT molecular complexity index is 1820. The zero-order chi connectivity index (χ0) is 64.6. The molecule has 11 heteroatoms. The first-order valence-corrected chi connectivity index (χ1v) is 37.0. The summed E-state index contributed by atoms with van der Waals surface area (Å²) in [5.41, 5.74) is 0. The summed E-state index contributed by atoms with van der Waals surface area (Å²) in [5.74, 6) is -1.21. The summed E-state index contributed by atoms with van der Waals surface area (Å²) in [6.45, 7) is 5.70. The van der Waals surface area contributed by atoms with Gasteiger partial charge in [0.2, 0.25) is 5.91 Å². The molecule has 0 saturated carbocycles. The van der Waals surface area contributed by atoms with E-state index in [9.17, 15) is 35.1 Å². The summed E-state index contributed by atoms with van der Waals surface area (Å²) in [4.78, 5) is 26.7. The fourth-order valence-electron chi connectivity index (χ4n) is 11.2. The van der Waals surface area contributed by atoms with E-state index < -0.39 is 67.4 Å². The monoisotopic (exact) mass is 1250 g/mol. The highest BCUT2D eigenvalue weighted by Gasteiger charge is 2.47. The molecule has 8 atom stereocenters. The van der Waals surface area contributed by atoms with Gasteiger partial charge in [0.25, 0.3) is 0 Å². The number of unbranched alkanes of at least 4 members (excludes halogenated alkanes) is 35. The van der Waals surface area contributed by atoms with Gasteiger partial charge in [-0.1, -0.05) is 311 Å². The van der Waals surface area contributed by atoms with Crippen LogP contribution in [0.25, 0.3) is 0 Å². The minimum Gasteiger partial charge on any atom is -0.454 e. The minimum atomic E-state index is -1.62. The van der Waals surface area contributed by atoms with E-state index in [1.807, 2.05) is 6.08 Å². The van der Waals surface area contributed by atoms with Crippen molar-refractivity contribution in [2.75, 3.05) is 13.2 Å². The first-order chi connectivity index (χ1) is 43.7. The van der Waals surface area contributed by atoms with Crippen molar-refractivity contribution in [1.82, 2.24) is 5.32 Å². The smallest absolute Gasteiger partial charge is 0.306 e. The van der Waals surface area contributed by atoms with Crippen molar-refractivity contribution in [3.8, 4) is 0 Å². The molecule has 89 heavy (non-hydrogen) atoms. The van der Waals surface area contributed by atoms with E-state index in [1.54, 1.807) is 6.08 Å². The Kier molecular flexibility index (Phi) is 60.7. The molecular formula is C78H137NO10. The molecule has 1 saturated heterocycles. The lowest BCUT2D eigenvalue weighted by molar-refractivity contribution is -0.305. The molecule has 0 bridgehead atoms. The van der Waals surface area contributed by atoms with Crippen LogP contribution in [0.2, 0.25) is 0 Å². The number of nitrogens with one attached hydrogen (secondary N) is 1. The highest BCUT2D eigenvalue weighted by molar-refractivity contribution is 5.80. The molecular weight excluding hydrogens is 1110 g/mol. The Morgan fingerprint density at radius 3 is 1.22 bits per heavy atom. The molecule has 8 unspecified atom stereocenters. The van der Waals surface area contributed by atoms with E-state index in [1.165, 1.54) is 167 Å². The second-order valence-electron chi connectivity index (χ2n) is 25.3. The molecule has 0 radical (unpaired) electrons. The first-order valence-electron chi connectivity index (χ1n) is 37.0. The summed E-state index contributed by atoms with van der Waals surface area (Å²) in [6, 6.07) is -1.04. The van der Waals surface area contributed by atoms with Crippen molar-refractivity contribution < 1.29 is 49.3 Å². The molecule has 0 spiro atoms. The van der Waals surface area contributed by atoms with E-state index in [-0.39, 0.29) is 19.4 Å². The predicted molar refractivity (Wildman–Crippen MR) is 375 cm³/mol. The Labute approximate surface area is 546 Å². The lowest BCUT2D eigenvalue weighted by Crippen LogP contribution is -2.61. The molecule has 1 aliphatic rings. The van der Waals surface area contributed by atoms with Crippen LogP contribution in [0.4, 0.5) is 0 Å². The zero-order valence-electron chi connectivity index (χ0n) is 57.3. The molecule has 6 N–H and O–H groups in total. The van der Waals surface area contributed by atoms with E-state index in [2.05, 4.69) is 111 Å². The minimum absolute atomic E-state index is 0.120. The van der Waals surface area contributed by atoms with Crippen molar-refractivity contribution in [3.63, 3.8) is 0 Å². The number of aliphatic hydroxyl groups is 5. The van der Waals surface area contributed by atoms with Gasteiger partial charge in [-0.15, -0.1) is 0 Å². The Hall–Kier alpha value is -3.42. The maximum absolute atomic E-state index is 13.5. The van der Waals surface area contributed by atoms with Crippen LogP contribution < -0.4 is 5.32 Å². The fourth-order valence-corrected chi connectivity index (χ4v) is 11.2. The van der Waals surface area contributed by atoms with Gasteiger partial charge in [-0.3, -0.25) is 9.59 Å². The van der Waals surface area contributed by atoms with Gasteiger partial charge in [-0.2, -0.15) is 0 Å². The normalized spacial score (nSPS) is 18.7. The van der Waals surface area contributed by atoms with Crippen LogP contribution in [0.5, 0.6) is 0 Å². The average molecular weight is 1250 g/mol. The van der Waals surface area contributed by atoms with Crippen LogP contribution >= 0.6 is 0 Å². The topological polar surface area (TPSA) is 175 Å². The Morgan fingerprint density at radius 2 is 0.809 bits per heavy atom. The number of hydrogen-bond acceptors (Lipinski definition) is 10. The maximum Gasteiger partial charge on any atom is 0.306 e. The third-order valence-corrected chi connectivity index (χ3v) is 17.0. The first kappa shape index (κ1) is 83.6. The molecule has 0 aliphatic carbocycles. The third kappa shape index (κ3) is 51.7. The number of carbonyl (C=O) groups excluding carboxylic acids is 2. The molecule has 514 valence electrons. The lowest BCUT2D eigenvalue weighted by atomic mass is 9.99. The lowest BCUT2D eigenvalue weighted by Gasteiger charge is -2.41. The van der Waals surface area contributed by atoms with E-state index in [0.717, 1.165) is 109 Å². The summed E-state index contributed by atoms with van der Waals surface area (Å²) in [7, 11) is 0. The number of rotatable bonds is 63. The predicted octanol–water partition coefficient (Wildman–Crippen LogP) is 19.4. The fraction of sp³-hybridized carbons (Fsp3) is 0.769. The molecule has 11 nitrogen and oxygen atoms in total. The number of esters is 1. The average Bonchev–Trinajstić information content (AvgIpc) is 3.11. The second kappa shape index (κ2) is 64.7. The van der Waals surface area contributed by atoms with Crippen LogP contribution in [0, 0.1) is 0 Å². The molecule has 1 heterocycles. The van der Waals surface area contributed by atoms with Gasteiger partial charge in [0.05, 0.1) is 25.4 Å². The SMILES string of the molecule is CC/C=C\C/C=C\C/C=C\C/C=C\C/C=C\C/C=C\CCCCCCCC(O)C(=O)NC(COC1OC(CO)C(O)C(O)C1OC(=O)CCCCCCCCCCCCCCC/C=C/CCCCCCCC)C(O)/C=C/CCCCCCCCCCCCC. The number of allylic oxidation sites excluding steroid dienone is 15. The second-order valence-corrected chi connectivity index (χ2v) is 25.3. The van der Waals surface area contributed by atoms with Crippen LogP contribution in [0.3, 0.4) is 0 Å². The van der Waals surface area contributed by atoms with Crippen LogP contribution in [0.15, 0.2) is 97.2 Å². The van der Waals surface area contributed by atoms with Crippen molar-refractivity contribution >= 4 is 11.9 Å². The Morgan fingerprint density at radius 1 is 0.449 bits per heavy atom. The number of aliphatic hydroxyl groups excluding tert-OH is 5. The molecule has 0 aromatic heterocycles. The van der Waals surface area contributed by atoms with Crippen LogP contribution in [0.1, 0.15) is 323 Å². The molecule has 0 aromatic rings. The number of hydrogen-bond donors (Lipinski definition) is 6. The summed E-state index contributed by atoms with van der Waals surface area (Å²) >= 11 is 0. The van der Waals surface area contributed by atoms with E-state index >= 15 is 0 Å². The van der Waals surface area contributed by atoms with Gasteiger partial charge in [0.15, 0.2) is 12.4 Å². The maximum atomic E-state index is 13.5. The summed E-state index contributed by atoms with van der Waals surface area (Å²) in [6.07, 6.45) is 77.3. The molecule has 1 fully saturated rings. The van der Waals surface area contributed by atoms with Crippen LogP contribution in [-0.2, 0) is 23.8 Å². The molecule has 1 aliphatic heterocycles. The molecule has 1 rings (SSSR count). The highest BCUT2D eigenvalue weighted by Crippen LogP contribution is 2.26. The van der Waals surface area contributed by atoms with Crippen molar-refractivity contribution in [3.05, 3.63) is 97.2 Å². The van der Waals surface area contributed by atoms with E-state index in [0.29, 0.717) is 12.8 Å². The highest BCUT2D eigenvalue weighted by atomic mass is 16.7. The number of amides is 1. The number of ether oxygens (including phenoxy) is 3. The Balaban J connectivity index is 2.59. The van der Waals surface area contributed by atoms with Gasteiger partial charge in [0.1, 0.15) is 24.4 Å². The van der Waals surface area contributed by atoms with Crippen molar-refractivity contribution in [2.45, 2.75) is 372 Å². The largest absolute Gasteiger partial charge is 0.454 e. The van der Waals surface area contributed by atoms with Gasteiger partial charge in [-0.25, -0.2) is 0 Å². The molecule has 0 aromatic carbocycles. The third-order valence-electron chi connectivity index (χ3n) is 17.0. The van der Waals surface area contributed by atoms with Crippen molar-refractivity contribution in [2.24, 2.45) is 0 Å². The molecule has 1 amide bonds. The van der Waals surface area contributed by atoms with Gasteiger partial charge < -0.3 is 45.1 Å². The number of carbonyl (C=O) groups is 2. The van der Waals surface area contributed by atoms with Crippen LogP contribution in [-0.4, -0.2) is 99.6 Å². The van der Waals surface area contributed by atoms with Gasteiger partial charge >= 0.3 is 5.97 Å². The van der Waals surface area contributed by atoms with E-state index in [4.69, 9.17) is 14.2 Å². The zero-order valence-corrected chi connectivity index (χ0v) is 57.3. The van der Waals surface area contributed by atoms with Gasteiger partial charge in [0, 0.05) is 6.42 Å². The van der Waals surface area contributed by atoms with Crippen molar-refractivity contribution in [1.29, 1.82) is 0 Å².